The van der Waals surface area contributed by atoms with Crippen molar-refractivity contribution in [3.8, 4) is 33.4 Å². The second-order valence-corrected chi connectivity index (χ2v) is 10.5. The number of halogens is 1. The highest BCUT2D eigenvalue weighted by atomic mass is 19.1. The van der Waals surface area contributed by atoms with Crippen LogP contribution in [0.25, 0.3) is 49.1 Å². The Balaban J connectivity index is 1.55. The van der Waals surface area contributed by atoms with Gasteiger partial charge >= 0.3 is 0 Å². The normalized spacial score (nSPS) is 10.8. The van der Waals surface area contributed by atoms with Crippen molar-refractivity contribution < 1.29 is 4.39 Å². The second kappa shape index (κ2) is 11.7. The van der Waals surface area contributed by atoms with Gasteiger partial charge in [0.2, 0.25) is 0 Å². The molecule has 6 aromatic carbocycles. The fourth-order valence-corrected chi connectivity index (χ4v) is 5.72. The molecule has 1 heterocycles. The molecule has 0 aliphatic heterocycles. The molecule has 7 rings (SSSR count). The molecular weight excluding hydrogens is 541 g/mol. The monoisotopic (exact) mass is 567 g/mol. The van der Waals surface area contributed by atoms with E-state index in [-0.39, 0.29) is 5.82 Å². The number of rotatable bonds is 6. The molecule has 0 bridgehead atoms. The van der Waals surface area contributed by atoms with Crippen LogP contribution in [0.15, 0.2) is 158 Å². The van der Waals surface area contributed by atoms with Crippen molar-refractivity contribution in [2.75, 3.05) is 4.90 Å². The lowest BCUT2D eigenvalue weighted by atomic mass is 9.94. The molecule has 7 aromatic rings. The zero-order valence-electron chi connectivity index (χ0n) is 23.7. The quantitative estimate of drug-likeness (QED) is 0.186. The number of hydrogen-bond acceptors (Lipinski definition) is 2. The van der Waals surface area contributed by atoms with Gasteiger partial charge in [-0.1, -0.05) is 103 Å². The summed E-state index contributed by atoms with van der Waals surface area (Å²) < 4.78 is 14.5. The number of aromatic nitrogens is 1. The van der Waals surface area contributed by atoms with Crippen LogP contribution in [0.3, 0.4) is 0 Å². The predicted octanol–water partition coefficient (Wildman–Crippen LogP) is 11.4. The summed E-state index contributed by atoms with van der Waals surface area (Å²) in [7, 11) is 0. The third-order valence-corrected chi connectivity index (χ3v) is 7.77. The number of pyridine rings is 1. The summed E-state index contributed by atoms with van der Waals surface area (Å²) >= 11 is 0. The van der Waals surface area contributed by atoms with Gasteiger partial charge in [-0.25, -0.2) is 9.24 Å². The van der Waals surface area contributed by atoms with Crippen LogP contribution in [0.5, 0.6) is 0 Å². The standard InChI is InChI=1S/C40H26FN3/c1-42-33-19-21-34(22-20-33)44(38-18-9-8-17-35(38)30-15-10-16-32(41)25-30)39-23-24-43-40-36(29-13-6-3-7-14-29)26-31(27-37(39)40)28-11-4-2-5-12-28/h2-27H. The fraction of sp³-hybridized carbons (Fsp3) is 0. The summed E-state index contributed by atoms with van der Waals surface area (Å²) in [6.07, 6.45) is 1.84. The average molecular weight is 568 g/mol. The van der Waals surface area contributed by atoms with Crippen molar-refractivity contribution in [3.05, 3.63) is 175 Å². The van der Waals surface area contributed by atoms with Gasteiger partial charge < -0.3 is 4.90 Å². The van der Waals surface area contributed by atoms with Crippen LogP contribution in [0.1, 0.15) is 0 Å². The highest BCUT2D eigenvalue weighted by Gasteiger charge is 2.21. The van der Waals surface area contributed by atoms with Crippen LogP contribution in [-0.2, 0) is 0 Å². The number of para-hydroxylation sites is 1. The van der Waals surface area contributed by atoms with Crippen molar-refractivity contribution in [1.82, 2.24) is 4.98 Å². The van der Waals surface area contributed by atoms with Gasteiger partial charge in [0.1, 0.15) is 5.82 Å². The maximum atomic E-state index is 14.5. The minimum Gasteiger partial charge on any atom is -0.309 e. The predicted molar refractivity (Wildman–Crippen MR) is 179 cm³/mol. The molecule has 0 atom stereocenters. The Morgan fingerprint density at radius 1 is 0.545 bits per heavy atom. The van der Waals surface area contributed by atoms with Gasteiger partial charge in [-0.2, -0.15) is 0 Å². The molecule has 0 unspecified atom stereocenters. The largest absolute Gasteiger partial charge is 0.309 e. The number of nitrogens with zero attached hydrogens (tertiary/aromatic N) is 3. The number of anilines is 3. The molecule has 0 aliphatic carbocycles. The van der Waals surface area contributed by atoms with E-state index in [0.717, 1.165) is 61.3 Å². The third-order valence-electron chi connectivity index (χ3n) is 7.77. The lowest BCUT2D eigenvalue weighted by Crippen LogP contribution is -2.12. The minimum absolute atomic E-state index is 0.292. The van der Waals surface area contributed by atoms with Crippen molar-refractivity contribution in [1.29, 1.82) is 0 Å². The lowest BCUT2D eigenvalue weighted by Gasteiger charge is -2.29. The van der Waals surface area contributed by atoms with E-state index in [4.69, 9.17) is 11.6 Å². The van der Waals surface area contributed by atoms with E-state index < -0.39 is 0 Å². The van der Waals surface area contributed by atoms with Crippen LogP contribution in [0, 0.1) is 12.4 Å². The molecule has 3 nitrogen and oxygen atoms in total. The molecule has 0 fully saturated rings. The average Bonchev–Trinajstić information content (AvgIpc) is 3.09. The van der Waals surface area contributed by atoms with E-state index in [0.29, 0.717) is 5.69 Å². The summed E-state index contributed by atoms with van der Waals surface area (Å²) in [5.74, 6) is -0.292. The van der Waals surface area contributed by atoms with Gasteiger partial charge in [0.25, 0.3) is 0 Å². The summed E-state index contributed by atoms with van der Waals surface area (Å²) in [4.78, 5) is 10.7. The third kappa shape index (κ3) is 5.08. The van der Waals surface area contributed by atoms with Gasteiger partial charge in [0, 0.05) is 28.4 Å². The first-order valence-corrected chi connectivity index (χ1v) is 14.4. The van der Waals surface area contributed by atoms with Crippen LogP contribution >= 0.6 is 0 Å². The Bertz CT molecular complexity index is 2130. The number of hydrogen-bond donors (Lipinski definition) is 0. The first-order valence-electron chi connectivity index (χ1n) is 14.4. The number of benzene rings is 6. The van der Waals surface area contributed by atoms with E-state index in [1.54, 1.807) is 12.1 Å². The Morgan fingerprint density at radius 3 is 1.95 bits per heavy atom. The summed E-state index contributed by atoms with van der Waals surface area (Å²) in [5.41, 5.74) is 10.1. The zero-order chi connectivity index (χ0) is 29.9. The van der Waals surface area contributed by atoms with Crippen LogP contribution in [0.4, 0.5) is 27.1 Å². The van der Waals surface area contributed by atoms with Crippen molar-refractivity contribution in [2.24, 2.45) is 0 Å². The van der Waals surface area contributed by atoms with Crippen LogP contribution in [-0.4, -0.2) is 4.98 Å². The maximum absolute atomic E-state index is 14.5. The Labute approximate surface area is 256 Å². The molecule has 0 N–H and O–H groups in total. The molecule has 0 radical (unpaired) electrons. The molecule has 0 saturated carbocycles. The van der Waals surface area contributed by atoms with E-state index in [1.807, 2.05) is 97.2 Å². The molecule has 44 heavy (non-hydrogen) atoms. The van der Waals surface area contributed by atoms with Crippen molar-refractivity contribution >= 4 is 33.7 Å². The maximum Gasteiger partial charge on any atom is 0.187 e. The number of fused-ring (bicyclic) bond motifs is 1. The topological polar surface area (TPSA) is 20.5 Å². The Morgan fingerprint density at radius 2 is 1.23 bits per heavy atom. The molecule has 1 aromatic heterocycles. The summed E-state index contributed by atoms with van der Waals surface area (Å²) in [6.45, 7) is 7.50. The molecule has 0 aliphatic rings. The Kier molecular flexibility index (Phi) is 7.12. The van der Waals surface area contributed by atoms with Gasteiger partial charge in [0.05, 0.1) is 23.5 Å². The molecule has 0 spiro atoms. The Hall–Kier alpha value is -6.05. The lowest BCUT2D eigenvalue weighted by molar-refractivity contribution is 0.628. The second-order valence-electron chi connectivity index (χ2n) is 10.5. The highest BCUT2D eigenvalue weighted by Crippen LogP contribution is 2.45. The van der Waals surface area contributed by atoms with E-state index in [1.165, 1.54) is 6.07 Å². The van der Waals surface area contributed by atoms with Crippen molar-refractivity contribution in [2.45, 2.75) is 0 Å². The van der Waals surface area contributed by atoms with Crippen molar-refractivity contribution in [3.63, 3.8) is 0 Å². The van der Waals surface area contributed by atoms with Crippen LogP contribution < -0.4 is 4.90 Å². The van der Waals surface area contributed by atoms with E-state index in [2.05, 4.69) is 52.2 Å². The van der Waals surface area contributed by atoms with Crippen LogP contribution in [0.2, 0.25) is 0 Å². The SMILES string of the molecule is [C-]#[N+]c1ccc(N(c2ccccc2-c2cccc(F)c2)c2ccnc3c(-c4ccccc4)cc(-c4ccccc4)cc23)cc1. The van der Waals surface area contributed by atoms with E-state index in [9.17, 15) is 4.39 Å². The van der Waals surface area contributed by atoms with Gasteiger partial charge in [0.15, 0.2) is 5.69 Å². The molecule has 4 heteroatoms. The molecule has 208 valence electrons. The van der Waals surface area contributed by atoms with Gasteiger partial charge in [-0.3, -0.25) is 4.98 Å². The van der Waals surface area contributed by atoms with Gasteiger partial charge in [-0.05, 0) is 70.8 Å². The summed E-state index contributed by atoms with van der Waals surface area (Å²) in [6, 6.07) is 49.4. The fourth-order valence-electron chi connectivity index (χ4n) is 5.72. The highest BCUT2D eigenvalue weighted by molar-refractivity contribution is 6.06. The molecular formula is C40H26FN3. The zero-order valence-corrected chi connectivity index (χ0v) is 23.7. The van der Waals surface area contributed by atoms with Gasteiger partial charge in [-0.15, -0.1) is 0 Å². The molecule has 0 saturated heterocycles. The summed E-state index contributed by atoms with van der Waals surface area (Å²) in [5, 5.41) is 0.969. The minimum atomic E-state index is -0.292. The first-order chi connectivity index (χ1) is 21.7. The smallest absolute Gasteiger partial charge is 0.187 e. The first kappa shape index (κ1) is 26.8. The molecule has 0 amide bonds. The van der Waals surface area contributed by atoms with E-state index >= 15 is 0 Å².